The zero-order chi connectivity index (χ0) is 9.35. The maximum absolute atomic E-state index is 11.2. The predicted molar refractivity (Wildman–Crippen MR) is 49.9 cm³/mol. The van der Waals surface area contributed by atoms with Crippen LogP contribution in [0.5, 0.6) is 0 Å². The first-order valence-electron chi connectivity index (χ1n) is 4.33. The van der Waals surface area contributed by atoms with Gasteiger partial charge in [0.05, 0.1) is 5.25 Å². The number of hydrogen-bond donors (Lipinski definition) is 1. The lowest BCUT2D eigenvalue weighted by atomic mass is 10.1. The minimum Gasteiger partial charge on any atom is -0.315 e. The average molecular weight is 191 g/mol. The molecule has 12 heavy (non-hydrogen) atoms. The number of sulfone groups is 1. The van der Waals surface area contributed by atoms with Crippen LogP contribution in [0.25, 0.3) is 0 Å². The zero-order valence-electron chi connectivity index (χ0n) is 7.87. The Morgan fingerprint density at radius 3 is 2.17 bits per heavy atom. The minimum atomic E-state index is -2.88. The highest BCUT2D eigenvalue weighted by Crippen LogP contribution is 2.35. The van der Waals surface area contributed by atoms with Crippen molar-refractivity contribution >= 4 is 9.84 Å². The lowest BCUT2D eigenvalue weighted by Crippen LogP contribution is -2.41. The van der Waals surface area contributed by atoms with Gasteiger partial charge in [-0.15, -0.1) is 0 Å². The molecule has 0 aromatic rings. The Morgan fingerprint density at radius 2 is 1.92 bits per heavy atom. The van der Waals surface area contributed by atoms with Crippen LogP contribution in [0.1, 0.15) is 19.8 Å². The lowest BCUT2D eigenvalue weighted by molar-refractivity contribution is 0.476. The molecule has 1 saturated carbocycles. The van der Waals surface area contributed by atoms with E-state index in [9.17, 15) is 8.42 Å². The van der Waals surface area contributed by atoms with Gasteiger partial charge in [-0.25, -0.2) is 8.42 Å². The summed E-state index contributed by atoms with van der Waals surface area (Å²) >= 11 is 0. The summed E-state index contributed by atoms with van der Waals surface area (Å²) in [5, 5.41) is 2.84. The van der Waals surface area contributed by atoms with Gasteiger partial charge in [-0.05, 0) is 32.7 Å². The summed E-state index contributed by atoms with van der Waals surface area (Å²) in [6.45, 7) is 1.79. The molecule has 2 unspecified atom stereocenters. The Hall–Kier alpha value is -0.0900. The van der Waals surface area contributed by atoms with Gasteiger partial charge in [0.1, 0.15) is 0 Å². The SMILES string of the molecule is CNC(C1CC1)C(C)S(C)(=O)=O. The number of nitrogens with one attached hydrogen (secondary N) is 1. The van der Waals surface area contributed by atoms with Gasteiger partial charge in [0.15, 0.2) is 9.84 Å². The van der Waals surface area contributed by atoms with Gasteiger partial charge in [-0.1, -0.05) is 0 Å². The van der Waals surface area contributed by atoms with Crippen LogP contribution in [0.4, 0.5) is 0 Å². The first kappa shape index (κ1) is 9.99. The number of rotatable bonds is 4. The van der Waals surface area contributed by atoms with Crippen LogP contribution < -0.4 is 5.32 Å². The molecule has 0 radical (unpaired) electrons. The van der Waals surface area contributed by atoms with Crippen LogP contribution in [0.15, 0.2) is 0 Å². The molecule has 0 bridgehead atoms. The summed E-state index contributed by atoms with van der Waals surface area (Å²) in [7, 11) is -1.04. The normalized spacial score (nSPS) is 23.6. The molecule has 0 aromatic carbocycles. The van der Waals surface area contributed by atoms with Gasteiger partial charge in [0, 0.05) is 12.3 Å². The van der Waals surface area contributed by atoms with E-state index in [1.54, 1.807) is 6.92 Å². The van der Waals surface area contributed by atoms with Crippen molar-refractivity contribution in [3.8, 4) is 0 Å². The molecule has 4 heteroatoms. The molecular formula is C8H17NO2S. The quantitative estimate of drug-likeness (QED) is 0.700. The van der Waals surface area contributed by atoms with Crippen molar-refractivity contribution in [1.82, 2.24) is 5.32 Å². The molecule has 0 saturated heterocycles. The van der Waals surface area contributed by atoms with E-state index < -0.39 is 9.84 Å². The smallest absolute Gasteiger partial charge is 0.151 e. The van der Waals surface area contributed by atoms with E-state index in [2.05, 4.69) is 5.32 Å². The fraction of sp³-hybridized carbons (Fsp3) is 1.00. The second kappa shape index (κ2) is 3.34. The van der Waals surface area contributed by atoms with Crippen molar-refractivity contribution in [2.45, 2.75) is 31.1 Å². The maximum atomic E-state index is 11.2. The van der Waals surface area contributed by atoms with Crippen LogP contribution in [-0.2, 0) is 9.84 Å². The van der Waals surface area contributed by atoms with E-state index in [-0.39, 0.29) is 11.3 Å². The van der Waals surface area contributed by atoms with E-state index >= 15 is 0 Å². The van der Waals surface area contributed by atoms with Gasteiger partial charge >= 0.3 is 0 Å². The lowest BCUT2D eigenvalue weighted by Gasteiger charge is -2.21. The Bertz CT molecular complexity index is 244. The fourth-order valence-corrected chi connectivity index (χ4v) is 2.47. The second-order valence-electron chi connectivity index (χ2n) is 3.69. The second-order valence-corrected chi connectivity index (χ2v) is 6.09. The van der Waals surface area contributed by atoms with E-state index in [0.29, 0.717) is 5.92 Å². The third-order valence-electron chi connectivity index (χ3n) is 2.64. The average Bonchev–Trinajstić information content (AvgIpc) is 2.70. The van der Waals surface area contributed by atoms with Crippen molar-refractivity contribution in [1.29, 1.82) is 0 Å². The molecule has 0 heterocycles. The summed E-state index contributed by atoms with van der Waals surface area (Å²) in [5.74, 6) is 0.583. The van der Waals surface area contributed by atoms with Crippen molar-refractivity contribution in [3.63, 3.8) is 0 Å². The van der Waals surface area contributed by atoms with Crippen LogP contribution >= 0.6 is 0 Å². The summed E-state index contributed by atoms with van der Waals surface area (Å²) < 4.78 is 22.4. The molecule has 3 nitrogen and oxygen atoms in total. The Kier molecular flexibility index (Phi) is 2.78. The standard InChI is InChI=1S/C8H17NO2S/c1-6(12(3,10)11)8(9-2)7-4-5-7/h6-9H,4-5H2,1-3H3. The molecule has 1 rings (SSSR count). The van der Waals surface area contributed by atoms with Gasteiger partial charge in [-0.3, -0.25) is 0 Å². The molecule has 1 aliphatic carbocycles. The van der Waals surface area contributed by atoms with Crippen LogP contribution in [0.2, 0.25) is 0 Å². The van der Waals surface area contributed by atoms with E-state index in [0.717, 1.165) is 0 Å². The number of hydrogen-bond acceptors (Lipinski definition) is 3. The third-order valence-corrected chi connectivity index (χ3v) is 4.29. The first-order valence-corrected chi connectivity index (χ1v) is 6.28. The molecular weight excluding hydrogens is 174 g/mol. The molecule has 0 aromatic heterocycles. The van der Waals surface area contributed by atoms with Gasteiger partial charge in [-0.2, -0.15) is 0 Å². The van der Waals surface area contributed by atoms with Crippen LogP contribution in [-0.4, -0.2) is 33.0 Å². The molecule has 0 aliphatic heterocycles. The largest absolute Gasteiger partial charge is 0.315 e. The minimum absolute atomic E-state index is 0.153. The Labute approximate surface area is 74.5 Å². The summed E-state index contributed by atoms with van der Waals surface area (Å²) in [5.41, 5.74) is 0. The van der Waals surface area contributed by atoms with Crippen molar-refractivity contribution in [3.05, 3.63) is 0 Å². The van der Waals surface area contributed by atoms with Gasteiger partial charge in [0.25, 0.3) is 0 Å². The third kappa shape index (κ3) is 2.20. The van der Waals surface area contributed by atoms with E-state index in [4.69, 9.17) is 0 Å². The molecule has 1 N–H and O–H groups in total. The highest BCUT2D eigenvalue weighted by atomic mass is 32.2. The Balaban J connectivity index is 2.65. The van der Waals surface area contributed by atoms with Crippen LogP contribution in [0, 0.1) is 5.92 Å². The first-order chi connectivity index (χ1) is 5.46. The highest BCUT2D eigenvalue weighted by molar-refractivity contribution is 7.91. The summed E-state index contributed by atoms with van der Waals surface area (Å²) in [4.78, 5) is 0. The highest BCUT2D eigenvalue weighted by Gasteiger charge is 2.37. The van der Waals surface area contributed by atoms with Crippen molar-refractivity contribution in [2.75, 3.05) is 13.3 Å². The van der Waals surface area contributed by atoms with Crippen molar-refractivity contribution in [2.24, 2.45) is 5.92 Å². The van der Waals surface area contributed by atoms with E-state index in [1.165, 1.54) is 19.1 Å². The molecule has 1 fully saturated rings. The predicted octanol–water partition coefficient (Wildman–Crippen LogP) is 0.417. The van der Waals surface area contributed by atoms with Gasteiger partial charge < -0.3 is 5.32 Å². The molecule has 0 spiro atoms. The van der Waals surface area contributed by atoms with Crippen LogP contribution in [0.3, 0.4) is 0 Å². The fourth-order valence-electron chi connectivity index (χ4n) is 1.58. The molecule has 72 valence electrons. The van der Waals surface area contributed by atoms with Gasteiger partial charge in [0.2, 0.25) is 0 Å². The van der Waals surface area contributed by atoms with Crippen molar-refractivity contribution < 1.29 is 8.42 Å². The summed E-state index contributed by atoms with van der Waals surface area (Å²) in [6.07, 6.45) is 3.65. The zero-order valence-corrected chi connectivity index (χ0v) is 8.69. The maximum Gasteiger partial charge on any atom is 0.151 e. The summed E-state index contributed by atoms with van der Waals surface area (Å²) in [6, 6.07) is 0.153. The molecule has 0 amide bonds. The monoisotopic (exact) mass is 191 g/mol. The van der Waals surface area contributed by atoms with E-state index in [1.807, 2.05) is 7.05 Å². The molecule has 1 aliphatic rings. The molecule has 2 atom stereocenters. The topological polar surface area (TPSA) is 46.2 Å². The Morgan fingerprint density at radius 1 is 1.42 bits per heavy atom.